The lowest BCUT2D eigenvalue weighted by Gasteiger charge is -2.54. The summed E-state index contributed by atoms with van der Waals surface area (Å²) in [5.74, 6) is -7.96. The van der Waals surface area contributed by atoms with Gasteiger partial charge in [0.15, 0.2) is 45.5 Å². The molecule has 0 saturated carbocycles. The zero-order valence-corrected chi connectivity index (χ0v) is 59.8. The van der Waals surface area contributed by atoms with Crippen molar-refractivity contribution in [1.29, 1.82) is 0 Å². The molecule has 15 atom stereocenters. The number of nitrogens with zero attached hydrogens (tertiary/aromatic N) is 3. The number of rotatable bonds is 27. The van der Waals surface area contributed by atoms with Crippen molar-refractivity contribution in [3.8, 4) is 0 Å². The summed E-state index contributed by atoms with van der Waals surface area (Å²) in [6, 6.07) is 40.0. The molecule has 0 unspecified atom stereocenters. The molecular formula is C78H83N3O22Si. The number of imide groups is 3. The molecule has 6 aromatic carbocycles. The maximum atomic E-state index is 15.6. The van der Waals surface area contributed by atoms with Crippen LogP contribution in [0.15, 0.2) is 176 Å². The van der Waals surface area contributed by atoms with Crippen LogP contribution < -0.4 is 0 Å². The fraction of sp³-hybridized carbons (Fsp3) is 0.397. The van der Waals surface area contributed by atoms with Gasteiger partial charge in [-0.15, -0.1) is 6.58 Å². The van der Waals surface area contributed by atoms with Crippen LogP contribution in [0.3, 0.4) is 0 Å². The van der Waals surface area contributed by atoms with Gasteiger partial charge in [0, 0.05) is 20.8 Å². The first-order valence-electron chi connectivity index (χ1n) is 34.4. The lowest BCUT2D eigenvalue weighted by Crippen LogP contribution is -2.73. The average Bonchev–Trinajstić information content (AvgIpc) is 1.44. The zero-order valence-electron chi connectivity index (χ0n) is 58.8. The van der Waals surface area contributed by atoms with Gasteiger partial charge in [0.1, 0.15) is 54.7 Å². The number of amides is 6. The highest BCUT2D eigenvalue weighted by Crippen LogP contribution is 2.46. The molecule has 3 fully saturated rings. The minimum absolute atomic E-state index is 0.00369. The highest BCUT2D eigenvalue weighted by atomic mass is 28.4. The molecule has 0 aromatic heterocycles. The molecule has 25 nitrogen and oxygen atoms in total. The molecule has 6 amide bonds. The number of hydrogen-bond acceptors (Lipinski definition) is 22. The maximum Gasteiger partial charge on any atom is 0.303 e. The standard InChI is InChI=1S/C78H83N3O22Si/c1-10-38-94-75-60(79-69(85)51-32-20-21-33-52(51)70(79)86)66(95-45(2)82)63(57(98-75)42-91-39-48-26-14-11-15-27-48)101-76-61(80-71(87)53-34-22-23-35-54(53)72(80)88)67(96-46(3)83)64(58(99-76)43-92-40-49-28-16-12-17-29-49)102-77-62(81-73(89)55-36-24-25-37-56(55)74(81)90)68(97-47(4)84)65(103-104(8,9)78(5,6)7)59(100-77)44-93-41-50-30-18-13-19-31-50/h10-37,57-68,75-77H,1,38-44H2,2-9H3/t57-,58-,59-,60-,61-,62-,63-,64-,65-,66-,67-,68-,75-,76+,77+/m1/s1. The molecule has 6 heterocycles. The van der Waals surface area contributed by atoms with E-state index in [1.165, 1.54) is 42.5 Å². The Morgan fingerprint density at radius 1 is 0.413 bits per heavy atom. The fourth-order valence-corrected chi connectivity index (χ4v) is 15.0. The first-order chi connectivity index (χ1) is 49.9. The molecule has 26 heteroatoms. The van der Waals surface area contributed by atoms with Gasteiger partial charge in [-0.05, 0) is 71.2 Å². The third kappa shape index (κ3) is 15.6. The summed E-state index contributed by atoms with van der Waals surface area (Å²) >= 11 is 0. The van der Waals surface area contributed by atoms with E-state index in [2.05, 4.69) is 6.58 Å². The lowest BCUT2D eigenvalue weighted by molar-refractivity contribution is -0.362. The molecule has 0 radical (unpaired) electrons. The van der Waals surface area contributed by atoms with Crippen molar-refractivity contribution < 1.29 is 104 Å². The highest BCUT2D eigenvalue weighted by Gasteiger charge is 2.64. The van der Waals surface area contributed by atoms with Crippen LogP contribution in [0.25, 0.3) is 0 Å². The van der Waals surface area contributed by atoms with Crippen LogP contribution in [0.2, 0.25) is 18.1 Å². The molecule has 12 rings (SSSR count). The minimum atomic E-state index is -3.05. The molecule has 6 aliphatic rings. The van der Waals surface area contributed by atoms with Gasteiger partial charge in [-0.1, -0.05) is 154 Å². The third-order valence-electron chi connectivity index (χ3n) is 19.5. The van der Waals surface area contributed by atoms with E-state index in [0.717, 1.165) is 46.6 Å². The Morgan fingerprint density at radius 2 is 0.683 bits per heavy atom. The number of fused-ring (bicyclic) bond motifs is 3. The van der Waals surface area contributed by atoms with Gasteiger partial charge in [0.2, 0.25) is 0 Å². The number of carbonyl (C=O) groups is 9. The van der Waals surface area contributed by atoms with Gasteiger partial charge in [0.05, 0.1) is 79.6 Å². The number of hydrogen-bond donors (Lipinski definition) is 0. The molecule has 546 valence electrons. The molecule has 0 bridgehead atoms. The molecule has 3 saturated heterocycles. The monoisotopic (exact) mass is 1440 g/mol. The van der Waals surface area contributed by atoms with Crippen LogP contribution in [0.4, 0.5) is 0 Å². The van der Waals surface area contributed by atoms with Crippen LogP contribution in [0, 0.1) is 0 Å². The number of ether oxygens (including phenoxy) is 12. The number of carbonyl (C=O) groups excluding carboxylic acids is 9. The summed E-state index contributed by atoms with van der Waals surface area (Å²) in [6.07, 6.45) is -19.1. The molecule has 6 aliphatic heterocycles. The largest absolute Gasteiger partial charge is 0.457 e. The Bertz CT molecular complexity index is 4070. The van der Waals surface area contributed by atoms with Crippen LogP contribution in [0.5, 0.6) is 0 Å². The summed E-state index contributed by atoms with van der Waals surface area (Å²) in [4.78, 5) is 137. The van der Waals surface area contributed by atoms with Crippen LogP contribution in [-0.2, 0) is 95.5 Å². The third-order valence-corrected chi connectivity index (χ3v) is 24.0. The lowest BCUT2D eigenvalue weighted by atomic mass is 9.92. The first kappa shape index (κ1) is 74.4. The normalized spacial score (nSPS) is 26.8. The molecular weight excluding hydrogens is 1360 g/mol. The van der Waals surface area contributed by atoms with Crippen molar-refractivity contribution in [2.45, 2.75) is 171 Å². The van der Waals surface area contributed by atoms with Crippen molar-refractivity contribution in [3.63, 3.8) is 0 Å². The van der Waals surface area contributed by atoms with Crippen LogP contribution in [-0.4, -0.2) is 195 Å². The van der Waals surface area contributed by atoms with Crippen molar-refractivity contribution in [2.24, 2.45) is 0 Å². The minimum Gasteiger partial charge on any atom is -0.457 e. The van der Waals surface area contributed by atoms with E-state index >= 15 is 19.2 Å². The maximum absolute atomic E-state index is 15.6. The molecule has 0 aliphatic carbocycles. The van der Waals surface area contributed by atoms with Gasteiger partial charge in [0.25, 0.3) is 35.4 Å². The van der Waals surface area contributed by atoms with Crippen molar-refractivity contribution >= 4 is 61.7 Å². The van der Waals surface area contributed by atoms with E-state index < -0.39 is 172 Å². The summed E-state index contributed by atoms with van der Waals surface area (Å²) in [7, 11) is -3.05. The second-order valence-corrected chi connectivity index (χ2v) is 32.3. The Balaban J connectivity index is 1.04. The van der Waals surface area contributed by atoms with E-state index in [1.807, 2.05) is 101 Å². The fourth-order valence-electron chi connectivity index (χ4n) is 13.7. The SMILES string of the molecule is C=CCO[C@@H]1O[C@H](COCc2ccccc2)[C@@H](O[C@@H]2O[C@H](COCc3ccccc3)[C@@H](O[C@@H]3O[C@H](COCc4ccccc4)[C@@H](O[Si](C)(C)C(C)(C)C)[C@H](OC(C)=O)[C@H]3N3C(=O)c4ccccc4C3=O)[C@H](OC(C)=O)[C@H]2N2C(=O)c3ccccc3C2=O)[C@H](OC(C)=O)[C@H]1N1C(=O)c2ccccc2C1=O. The van der Waals surface area contributed by atoms with Gasteiger partial charge < -0.3 is 61.3 Å². The topological polar surface area (TPSA) is 283 Å². The highest BCUT2D eigenvalue weighted by molar-refractivity contribution is 6.74. The van der Waals surface area contributed by atoms with E-state index in [-0.39, 0.29) is 66.4 Å². The second kappa shape index (κ2) is 32.0. The van der Waals surface area contributed by atoms with Crippen molar-refractivity contribution in [3.05, 3.63) is 227 Å². The zero-order chi connectivity index (χ0) is 73.7. The Hall–Kier alpha value is -9.29. The van der Waals surface area contributed by atoms with E-state index in [0.29, 0.717) is 5.56 Å². The van der Waals surface area contributed by atoms with Gasteiger partial charge in [-0.3, -0.25) is 57.9 Å². The molecule has 0 spiro atoms. The predicted octanol–water partition coefficient (Wildman–Crippen LogP) is 8.96. The summed E-state index contributed by atoms with van der Waals surface area (Å²) in [5, 5.41) is -0.517. The quantitative estimate of drug-likeness (QED) is 0.0153. The summed E-state index contributed by atoms with van der Waals surface area (Å²) < 4.78 is 88.4. The Kier molecular flexibility index (Phi) is 22.9. The van der Waals surface area contributed by atoms with Crippen LogP contribution in [0.1, 0.15) is 120 Å². The number of esters is 3. The molecule has 0 N–H and O–H groups in total. The van der Waals surface area contributed by atoms with Gasteiger partial charge >= 0.3 is 17.9 Å². The Labute approximate surface area is 602 Å². The summed E-state index contributed by atoms with van der Waals surface area (Å²) in [5.41, 5.74) is 2.04. The summed E-state index contributed by atoms with van der Waals surface area (Å²) in [6.45, 7) is 15.5. The average molecular weight is 1440 g/mol. The Morgan fingerprint density at radius 3 is 0.971 bits per heavy atom. The second-order valence-electron chi connectivity index (χ2n) is 27.6. The number of benzene rings is 6. The molecule has 104 heavy (non-hydrogen) atoms. The van der Waals surface area contributed by atoms with E-state index in [4.69, 9.17) is 61.3 Å². The van der Waals surface area contributed by atoms with Gasteiger partial charge in [-0.25, -0.2) is 0 Å². The van der Waals surface area contributed by atoms with Crippen molar-refractivity contribution in [2.75, 3.05) is 26.4 Å². The van der Waals surface area contributed by atoms with E-state index in [9.17, 15) is 24.0 Å². The van der Waals surface area contributed by atoms with Crippen molar-refractivity contribution in [1.82, 2.24) is 14.7 Å². The van der Waals surface area contributed by atoms with Gasteiger partial charge in [-0.2, -0.15) is 0 Å². The van der Waals surface area contributed by atoms with Crippen LogP contribution >= 0.6 is 0 Å². The van der Waals surface area contributed by atoms with E-state index in [1.54, 1.807) is 60.7 Å². The molecule has 6 aromatic rings. The first-order valence-corrected chi connectivity index (χ1v) is 37.3. The smallest absolute Gasteiger partial charge is 0.303 e. The predicted molar refractivity (Wildman–Crippen MR) is 371 cm³/mol.